The predicted octanol–water partition coefficient (Wildman–Crippen LogP) is 2.85. The van der Waals surface area contributed by atoms with Crippen molar-refractivity contribution in [2.45, 2.75) is 18.9 Å². The summed E-state index contributed by atoms with van der Waals surface area (Å²) in [6.07, 6.45) is 4.32. The highest BCUT2D eigenvalue weighted by Gasteiger charge is 2.26. The number of benzene rings is 1. The van der Waals surface area contributed by atoms with Crippen molar-refractivity contribution in [2.75, 3.05) is 34.4 Å². The Morgan fingerprint density at radius 2 is 1.77 bits per heavy atom. The number of methoxy groups -OCH3 is 3. The van der Waals surface area contributed by atoms with Crippen molar-refractivity contribution in [3.8, 4) is 28.6 Å². The van der Waals surface area contributed by atoms with Crippen LogP contribution in [0.1, 0.15) is 23.6 Å². The van der Waals surface area contributed by atoms with E-state index in [4.69, 9.17) is 19.2 Å². The van der Waals surface area contributed by atoms with E-state index in [-0.39, 0.29) is 11.5 Å². The topological polar surface area (TPSA) is 89.6 Å². The molecule has 0 radical (unpaired) electrons. The molecule has 1 atom stereocenters. The molecule has 162 valence electrons. The van der Waals surface area contributed by atoms with Crippen LogP contribution in [-0.2, 0) is 6.54 Å². The lowest BCUT2D eigenvalue weighted by Gasteiger charge is -2.19. The van der Waals surface area contributed by atoms with Gasteiger partial charge in [-0.05, 0) is 42.8 Å². The zero-order valence-corrected chi connectivity index (χ0v) is 17.9. The highest BCUT2D eigenvalue weighted by atomic mass is 16.5. The maximum Gasteiger partial charge on any atom is 0.251 e. The number of nitrogens with one attached hydrogen (secondary N) is 1. The summed E-state index contributed by atoms with van der Waals surface area (Å²) in [5, 5.41) is 0. The monoisotopic (exact) mass is 422 g/mol. The zero-order chi connectivity index (χ0) is 21.8. The smallest absolute Gasteiger partial charge is 0.251 e. The Kier molecular flexibility index (Phi) is 6.18. The summed E-state index contributed by atoms with van der Waals surface area (Å²) in [5.41, 5.74) is 2.61. The van der Waals surface area contributed by atoms with E-state index in [0.717, 1.165) is 42.9 Å². The first kappa shape index (κ1) is 20.9. The molecule has 31 heavy (non-hydrogen) atoms. The fourth-order valence-electron chi connectivity index (χ4n) is 4.03. The van der Waals surface area contributed by atoms with Gasteiger partial charge in [0.25, 0.3) is 5.56 Å². The first-order chi connectivity index (χ1) is 15.1. The molecule has 3 heterocycles. The van der Waals surface area contributed by atoms with Gasteiger partial charge in [-0.2, -0.15) is 0 Å². The first-order valence-corrected chi connectivity index (χ1v) is 10.1. The minimum absolute atomic E-state index is 0.139. The highest BCUT2D eigenvalue weighted by molar-refractivity contribution is 5.54. The number of nitrogens with zero attached hydrogens (tertiary/aromatic N) is 3. The largest absolute Gasteiger partial charge is 0.493 e. The minimum atomic E-state index is -0.139. The normalized spacial score (nSPS) is 16.3. The molecule has 8 heteroatoms. The lowest BCUT2D eigenvalue weighted by atomic mass is 10.0. The third-order valence-corrected chi connectivity index (χ3v) is 5.54. The van der Waals surface area contributed by atoms with Crippen molar-refractivity contribution in [1.29, 1.82) is 0 Å². The second-order valence-corrected chi connectivity index (χ2v) is 7.51. The fraction of sp³-hybridized carbons (Fsp3) is 0.348. The zero-order valence-electron chi connectivity index (χ0n) is 17.9. The number of aromatic amines is 1. The molecule has 0 spiro atoms. The van der Waals surface area contributed by atoms with Crippen LogP contribution in [0.5, 0.6) is 17.2 Å². The van der Waals surface area contributed by atoms with Crippen LogP contribution in [0.25, 0.3) is 11.4 Å². The van der Waals surface area contributed by atoms with E-state index in [1.807, 2.05) is 24.3 Å². The van der Waals surface area contributed by atoms with E-state index in [9.17, 15) is 4.79 Å². The molecule has 8 nitrogen and oxygen atoms in total. The van der Waals surface area contributed by atoms with E-state index in [0.29, 0.717) is 23.1 Å². The lowest BCUT2D eigenvalue weighted by molar-refractivity contribution is 0.312. The second-order valence-electron chi connectivity index (χ2n) is 7.51. The van der Waals surface area contributed by atoms with Crippen LogP contribution in [0.15, 0.2) is 47.5 Å². The molecule has 2 aromatic heterocycles. The van der Waals surface area contributed by atoms with Crippen LogP contribution < -0.4 is 19.8 Å². The Labute approximate surface area is 180 Å². The molecule has 1 aliphatic rings. The molecule has 1 aromatic carbocycles. The van der Waals surface area contributed by atoms with Gasteiger partial charge < -0.3 is 19.2 Å². The van der Waals surface area contributed by atoms with E-state index < -0.39 is 0 Å². The predicted molar refractivity (Wildman–Crippen MR) is 117 cm³/mol. The van der Waals surface area contributed by atoms with Gasteiger partial charge in [0.2, 0.25) is 5.75 Å². The molecule has 3 aromatic rings. The van der Waals surface area contributed by atoms with Crippen molar-refractivity contribution in [2.24, 2.45) is 0 Å². The van der Waals surface area contributed by atoms with Crippen molar-refractivity contribution in [3.05, 3.63) is 64.3 Å². The Balaban J connectivity index is 1.52. The van der Waals surface area contributed by atoms with Crippen LogP contribution in [0, 0.1) is 0 Å². The van der Waals surface area contributed by atoms with Gasteiger partial charge >= 0.3 is 0 Å². The minimum Gasteiger partial charge on any atom is -0.493 e. The molecule has 1 N–H and O–H groups in total. The summed E-state index contributed by atoms with van der Waals surface area (Å²) >= 11 is 0. The number of aromatic nitrogens is 3. The molecular weight excluding hydrogens is 396 g/mol. The van der Waals surface area contributed by atoms with E-state index in [2.05, 4.69) is 14.9 Å². The SMILES string of the molecule is COc1cc(CN2CC[C@H](c3cc(=O)[nH]c(-c4ccncc4)n3)C2)cc(OC)c1OC. The molecular formula is C23H26N4O4. The molecule has 1 fully saturated rings. The van der Waals surface area contributed by atoms with Gasteiger partial charge in [0.1, 0.15) is 5.82 Å². The third-order valence-electron chi connectivity index (χ3n) is 5.54. The maximum atomic E-state index is 12.3. The number of likely N-dealkylation sites (tertiary alicyclic amines) is 1. The fourth-order valence-corrected chi connectivity index (χ4v) is 4.03. The molecule has 0 unspecified atom stereocenters. The number of pyridine rings is 1. The third kappa shape index (κ3) is 4.54. The van der Waals surface area contributed by atoms with Crippen LogP contribution in [-0.4, -0.2) is 54.3 Å². The summed E-state index contributed by atoms with van der Waals surface area (Å²) in [6, 6.07) is 9.24. The van der Waals surface area contributed by atoms with Gasteiger partial charge in [-0.3, -0.25) is 14.7 Å². The molecule has 1 aliphatic heterocycles. The standard InChI is InChI=1S/C23H26N4O4/c1-29-19-10-15(11-20(30-2)22(19)31-3)13-27-9-6-17(14-27)18-12-21(28)26-23(25-18)16-4-7-24-8-5-16/h4-5,7-8,10-12,17H,6,9,13-14H2,1-3H3,(H,25,26,28)/t17-/m0/s1. The Bertz CT molecular complexity index is 1080. The van der Waals surface area contributed by atoms with Gasteiger partial charge in [-0.25, -0.2) is 4.98 Å². The van der Waals surface area contributed by atoms with Gasteiger partial charge in [-0.1, -0.05) is 0 Å². The number of ether oxygens (including phenoxy) is 3. The first-order valence-electron chi connectivity index (χ1n) is 10.1. The van der Waals surface area contributed by atoms with Crippen LogP contribution >= 0.6 is 0 Å². The van der Waals surface area contributed by atoms with Gasteiger partial charge in [0.05, 0.1) is 27.0 Å². The van der Waals surface area contributed by atoms with Crippen molar-refractivity contribution < 1.29 is 14.2 Å². The summed E-state index contributed by atoms with van der Waals surface area (Å²) in [4.78, 5) is 26.2. The van der Waals surface area contributed by atoms with E-state index >= 15 is 0 Å². The Morgan fingerprint density at radius 1 is 1.06 bits per heavy atom. The van der Waals surface area contributed by atoms with Crippen LogP contribution in [0.2, 0.25) is 0 Å². The summed E-state index contributed by atoms with van der Waals surface area (Å²) in [7, 11) is 4.83. The highest BCUT2D eigenvalue weighted by Crippen LogP contribution is 2.39. The van der Waals surface area contributed by atoms with Crippen LogP contribution in [0.4, 0.5) is 0 Å². The Hall–Kier alpha value is -3.39. The summed E-state index contributed by atoms with van der Waals surface area (Å²) in [6.45, 7) is 2.48. The van der Waals surface area contributed by atoms with Crippen LogP contribution in [0.3, 0.4) is 0 Å². The van der Waals surface area contributed by atoms with Gasteiger partial charge in [-0.15, -0.1) is 0 Å². The maximum absolute atomic E-state index is 12.3. The quantitative estimate of drug-likeness (QED) is 0.626. The number of H-pyrrole nitrogens is 1. The van der Waals surface area contributed by atoms with Gasteiger partial charge in [0.15, 0.2) is 11.5 Å². The molecule has 1 saturated heterocycles. The van der Waals surface area contributed by atoms with E-state index in [1.54, 1.807) is 39.8 Å². The molecule has 4 rings (SSSR count). The average Bonchev–Trinajstić information content (AvgIpc) is 3.27. The van der Waals surface area contributed by atoms with Crippen molar-refractivity contribution in [3.63, 3.8) is 0 Å². The lowest BCUT2D eigenvalue weighted by Crippen LogP contribution is -2.21. The van der Waals surface area contributed by atoms with Gasteiger partial charge in [0, 0.05) is 43.0 Å². The summed E-state index contributed by atoms with van der Waals surface area (Å²) < 4.78 is 16.3. The summed E-state index contributed by atoms with van der Waals surface area (Å²) in [5.74, 6) is 2.65. The molecule has 0 bridgehead atoms. The number of hydrogen-bond donors (Lipinski definition) is 1. The van der Waals surface area contributed by atoms with Crippen molar-refractivity contribution in [1.82, 2.24) is 19.9 Å². The van der Waals surface area contributed by atoms with E-state index in [1.165, 1.54) is 0 Å². The molecule has 0 saturated carbocycles. The molecule has 0 amide bonds. The number of rotatable bonds is 7. The van der Waals surface area contributed by atoms with Crippen molar-refractivity contribution >= 4 is 0 Å². The average molecular weight is 422 g/mol. The molecule has 0 aliphatic carbocycles. The second kappa shape index (κ2) is 9.18. The number of hydrogen-bond acceptors (Lipinski definition) is 7. The Morgan fingerprint density at radius 3 is 2.42 bits per heavy atom.